The molecule has 10 nitrogen and oxygen atoms in total. The molecule has 1 unspecified atom stereocenters. The van der Waals surface area contributed by atoms with E-state index in [0.29, 0.717) is 16.1 Å². The van der Waals surface area contributed by atoms with Crippen molar-refractivity contribution in [2.24, 2.45) is 17.6 Å². The van der Waals surface area contributed by atoms with Crippen molar-refractivity contribution in [3.05, 3.63) is 50.4 Å². The number of halogens is 1. The maximum absolute atomic E-state index is 13.6. The van der Waals surface area contributed by atoms with E-state index in [2.05, 4.69) is 10.6 Å². The maximum atomic E-state index is 13.6. The van der Waals surface area contributed by atoms with Crippen LogP contribution in [0.4, 0.5) is 0 Å². The van der Waals surface area contributed by atoms with Crippen molar-refractivity contribution in [3.63, 3.8) is 0 Å². The van der Waals surface area contributed by atoms with Gasteiger partial charge in [-0.15, -0.1) is 0 Å². The standard InChI is InChI=1S/C24H26ClN3O7/c1-27-18-11-6-8-5-10-15(13(29)7-9(17(10)25)12-3-2-4-28-12)19(30)14(8)21(32)24(11,35)22(33)16(20(18)31)23(26)34/h7-8,11-12,18,27-29,31-32,35H,2-6H2,1H3,(H2,26,34)/t8-,11-,12?,18-,24-/m0/s1. The first-order valence-electron chi connectivity index (χ1n) is 11.5. The summed E-state index contributed by atoms with van der Waals surface area (Å²) in [6.07, 6.45) is 1.95. The molecular weight excluding hydrogens is 478 g/mol. The number of aliphatic hydroxyl groups is 3. The zero-order chi connectivity index (χ0) is 25.4. The smallest absolute Gasteiger partial charge is 0.255 e. The lowest BCUT2D eigenvalue weighted by Gasteiger charge is -2.48. The minimum atomic E-state index is -2.66. The molecular formula is C24H26ClN3O7. The summed E-state index contributed by atoms with van der Waals surface area (Å²) in [5.74, 6) is -6.87. The number of carbonyl (C=O) groups is 3. The monoisotopic (exact) mass is 503 g/mol. The van der Waals surface area contributed by atoms with Gasteiger partial charge in [-0.25, -0.2) is 0 Å². The number of aliphatic hydroxyl groups excluding tert-OH is 2. The number of phenolic OH excluding ortho intramolecular Hbond substituents is 1. The number of nitrogens with two attached hydrogens (primary N) is 1. The number of allylic oxidation sites excluding steroid dienone is 1. The van der Waals surface area contributed by atoms with Gasteiger partial charge >= 0.3 is 0 Å². The molecule has 1 aromatic rings. The van der Waals surface area contributed by atoms with Crippen molar-refractivity contribution in [1.82, 2.24) is 10.6 Å². The highest BCUT2D eigenvalue weighted by Crippen LogP contribution is 2.52. The first-order valence-corrected chi connectivity index (χ1v) is 11.8. The number of hydrogen-bond acceptors (Lipinski definition) is 9. The van der Waals surface area contributed by atoms with Gasteiger partial charge in [0.25, 0.3) is 5.91 Å². The van der Waals surface area contributed by atoms with Crippen LogP contribution in [0.15, 0.2) is 28.7 Å². The SMILES string of the molecule is CN[C@@H]1C(O)=C(C(N)=O)C(=O)[C@@]2(O)C(O)=C3C(=O)c4c(O)cc(C5CCCN5)c(Cl)c4C[C@H]3C[C@@H]12. The highest BCUT2D eigenvalue weighted by atomic mass is 35.5. The molecule has 1 aliphatic heterocycles. The second kappa shape index (κ2) is 8.06. The zero-order valence-corrected chi connectivity index (χ0v) is 19.6. The third-order valence-corrected chi connectivity index (χ3v) is 8.36. The van der Waals surface area contributed by atoms with Crippen LogP contribution < -0.4 is 16.4 Å². The quantitative estimate of drug-likeness (QED) is 0.294. The fourth-order valence-corrected chi connectivity index (χ4v) is 6.64. The number of fused-ring (bicyclic) bond motifs is 3. The van der Waals surface area contributed by atoms with E-state index in [9.17, 15) is 34.8 Å². The van der Waals surface area contributed by atoms with Crippen molar-refractivity contribution in [1.29, 1.82) is 0 Å². The van der Waals surface area contributed by atoms with Gasteiger partial charge in [-0.2, -0.15) is 0 Å². The van der Waals surface area contributed by atoms with E-state index < -0.39 is 58.0 Å². The lowest BCUT2D eigenvalue weighted by Crippen LogP contribution is -2.63. The van der Waals surface area contributed by atoms with E-state index in [0.717, 1.165) is 19.4 Å². The Labute approximate surface area is 205 Å². The second-order valence-electron chi connectivity index (χ2n) is 9.62. The van der Waals surface area contributed by atoms with E-state index in [4.69, 9.17) is 17.3 Å². The molecule has 0 radical (unpaired) electrons. The van der Waals surface area contributed by atoms with Gasteiger partial charge in [-0.05, 0) is 62.4 Å². The number of rotatable bonds is 3. The molecule has 8 N–H and O–H groups in total. The van der Waals surface area contributed by atoms with Gasteiger partial charge in [-0.3, -0.25) is 14.4 Å². The van der Waals surface area contributed by atoms with Crippen LogP contribution in [-0.2, 0) is 16.0 Å². The number of phenols is 1. The van der Waals surface area contributed by atoms with E-state index in [-0.39, 0.29) is 35.8 Å². The molecule has 1 saturated heterocycles. The van der Waals surface area contributed by atoms with Gasteiger partial charge in [0.05, 0.1) is 11.6 Å². The predicted molar refractivity (Wildman–Crippen MR) is 124 cm³/mol. The molecule has 11 heteroatoms. The molecule has 3 aliphatic carbocycles. The molecule has 1 aromatic carbocycles. The van der Waals surface area contributed by atoms with Crippen LogP contribution >= 0.6 is 11.6 Å². The molecule has 1 amide bonds. The van der Waals surface area contributed by atoms with Crippen LogP contribution in [0.3, 0.4) is 0 Å². The normalized spacial score (nSPS) is 32.4. The number of Topliss-reactive ketones (excluding diaryl/α,β-unsaturated/α-hetero) is 2. The Morgan fingerprint density at radius 3 is 2.60 bits per heavy atom. The van der Waals surface area contributed by atoms with Crippen molar-refractivity contribution >= 4 is 29.1 Å². The van der Waals surface area contributed by atoms with Crippen molar-refractivity contribution in [3.8, 4) is 5.75 Å². The van der Waals surface area contributed by atoms with Crippen LogP contribution in [0.2, 0.25) is 5.02 Å². The fraction of sp³-hybridized carbons (Fsp3) is 0.458. The Kier molecular flexibility index (Phi) is 5.48. The van der Waals surface area contributed by atoms with Crippen LogP contribution in [-0.4, -0.2) is 63.1 Å². The number of primary amides is 1. The summed E-state index contributed by atoms with van der Waals surface area (Å²) >= 11 is 6.74. The molecule has 4 aliphatic rings. The molecule has 186 valence electrons. The number of amides is 1. The van der Waals surface area contributed by atoms with Crippen molar-refractivity contribution in [2.75, 3.05) is 13.6 Å². The van der Waals surface area contributed by atoms with E-state index >= 15 is 0 Å². The predicted octanol–water partition coefficient (Wildman–Crippen LogP) is 0.856. The molecule has 0 saturated carbocycles. The number of hydrogen-bond donors (Lipinski definition) is 7. The Bertz CT molecular complexity index is 1250. The summed E-state index contributed by atoms with van der Waals surface area (Å²) in [4.78, 5) is 38.7. The van der Waals surface area contributed by atoms with Crippen LogP contribution in [0.1, 0.15) is 46.8 Å². The first kappa shape index (κ1) is 23.8. The Hall–Kier alpha value is -2.92. The van der Waals surface area contributed by atoms with Crippen molar-refractivity contribution < 1.29 is 34.8 Å². The van der Waals surface area contributed by atoms with Crippen LogP contribution in [0, 0.1) is 11.8 Å². The highest BCUT2D eigenvalue weighted by molar-refractivity contribution is 6.33. The van der Waals surface area contributed by atoms with Gasteiger partial charge < -0.3 is 36.8 Å². The molecule has 0 bridgehead atoms. The molecule has 1 fully saturated rings. The number of nitrogens with one attached hydrogen (secondary N) is 2. The topological polar surface area (TPSA) is 182 Å². The number of likely N-dealkylation sites (N-methyl/N-ethyl adjacent to an activating group) is 1. The lowest BCUT2D eigenvalue weighted by atomic mass is 9.58. The molecule has 0 spiro atoms. The minimum Gasteiger partial charge on any atom is -0.510 e. The highest BCUT2D eigenvalue weighted by Gasteiger charge is 2.62. The van der Waals surface area contributed by atoms with Crippen molar-refractivity contribution in [2.45, 2.75) is 43.4 Å². The maximum Gasteiger partial charge on any atom is 0.255 e. The summed E-state index contributed by atoms with van der Waals surface area (Å²) in [7, 11) is 1.46. The second-order valence-corrected chi connectivity index (χ2v) is 10.0. The molecule has 5 atom stereocenters. The molecule has 5 rings (SSSR count). The van der Waals surface area contributed by atoms with E-state index in [1.54, 1.807) is 0 Å². The van der Waals surface area contributed by atoms with E-state index in [1.165, 1.54) is 13.1 Å². The van der Waals surface area contributed by atoms with Gasteiger partial charge in [0.15, 0.2) is 11.4 Å². The number of ketones is 2. The number of carbonyl (C=O) groups excluding carboxylic acids is 3. The first-order chi connectivity index (χ1) is 16.5. The third-order valence-electron chi connectivity index (χ3n) is 7.91. The fourth-order valence-electron chi connectivity index (χ4n) is 6.28. The minimum absolute atomic E-state index is 0.0113. The van der Waals surface area contributed by atoms with Gasteiger partial charge in [0, 0.05) is 22.6 Å². The van der Waals surface area contributed by atoms with Gasteiger partial charge in [-0.1, -0.05) is 11.6 Å². The zero-order valence-electron chi connectivity index (χ0n) is 18.9. The Morgan fingerprint density at radius 2 is 2.00 bits per heavy atom. The summed E-state index contributed by atoms with van der Waals surface area (Å²) in [5.41, 5.74) is 2.61. The summed E-state index contributed by atoms with van der Waals surface area (Å²) in [6.45, 7) is 0.811. The Balaban J connectivity index is 1.68. The van der Waals surface area contributed by atoms with E-state index in [1.807, 2.05) is 0 Å². The average Bonchev–Trinajstić information content (AvgIpc) is 3.33. The summed E-state index contributed by atoms with van der Waals surface area (Å²) < 4.78 is 0. The number of aromatic hydroxyl groups is 1. The Morgan fingerprint density at radius 1 is 1.29 bits per heavy atom. The summed E-state index contributed by atoms with van der Waals surface area (Å²) in [5, 5.41) is 50.5. The van der Waals surface area contributed by atoms with Crippen LogP contribution in [0.25, 0.3) is 0 Å². The van der Waals surface area contributed by atoms with Gasteiger partial charge in [0.1, 0.15) is 22.8 Å². The average molecular weight is 504 g/mol. The molecule has 35 heavy (non-hydrogen) atoms. The third kappa shape index (κ3) is 3.10. The summed E-state index contributed by atoms with van der Waals surface area (Å²) in [6, 6.07) is 0.294. The lowest BCUT2D eigenvalue weighted by molar-refractivity contribution is -0.146. The number of benzene rings is 1. The van der Waals surface area contributed by atoms with Crippen LogP contribution in [0.5, 0.6) is 5.75 Å². The molecule has 0 aromatic heterocycles. The largest absolute Gasteiger partial charge is 0.510 e. The molecule has 1 heterocycles. The van der Waals surface area contributed by atoms with Gasteiger partial charge in [0.2, 0.25) is 5.78 Å².